The van der Waals surface area contributed by atoms with Gasteiger partial charge < -0.3 is 24.8 Å². The van der Waals surface area contributed by atoms with Crippen LogP contribution in [-0.4, -0.2) is 9.13 Å². The van der Waals surface area contributed by atoms with Gasteiger partial charge in [-0.25, -0.2) is 0 Å². The van der Waals surface area contributed by atoms with Crippen molar-refractivity contribution in [3.05, 3.63) is 144 Å². The number of nitrogens with zero attached hydrogens (tertiary/aromatic N) is 2. The number of hydrogen-bond acceptors (Lipinski definition) is 0. The van der Waals surface area contributed by atoms with Gasteiger partial charge in [0.2, 0.25) is 0 Å². The van der Waals surface area contributed by atoms with Gasteiger partial charge in [0.1, 0.15) is 0 Å². The molecule has 8 rings (SSSR count). The van der Waals surface area contributed by atoms with Crippen LogP contribution in [0.4, 0.5) is 0 Å². The van der Waals surface area contributed by atoms with Crippen LogP contribution in [0.2, 0.25) is 0 Å². The first-order valence-electron chi connectivity index (χ1n) is 12.8. The van der Waals surface area contributed by atoms with E-state index in [-0.39, 0.29) is 24.8 Å². The topological polar surface area (TPSA) is 9.86 Å². The van der Waals surface area contributed by atoms with Crippen LogP contribution in [0.1, 0.15) is 29.5 Å². The maximum Gasteiger partial charge on any atom is -1.00 e. The molecule has 0 N–H and O–H groups in total. The molecule has 4 aromatic carbocycles. The molecular weight excluding hydrogens is 599 g/mol. The largest absolute Gasteiger partial charge is 1.00 e. The predicted octanol–water partition coefficient (Wildman–Crippen LogP) is 2.49. The summed E-state index contributed by atoms with van der Waals surface area (Å²) in [5, 5.41) is 5.20. The Labute approximate surface area is 252 Å². The number of aromatic nitrogens is 2. The van der Waals surface area contributed by atoms with Crippen LogP contribution in [0.15, 0.2) is 122 Å². The predicted molar refractivity (Wildman–Crippen MR) is 151 cm³/mol. The quantitative estimate of drug-likeness (QED) is 0.286. The second-order valence-corrected chi connectivity index (χ2v) is 13.7. The minimum absolute atomic E-state index is 0. The molecule has 0 saturated heterocycles. The van der Waals surface area contributed by atoms with Crippen molar-refractivity contribution in [2.45, 2.75) is 7.25 Å². The van der Waals surface area contributed by atoms with E-state index in [1.807, 2.05) is 0 Å². The first-order valence-corrected chi connectivity index (χ1v) is 15.7. The normalized spacial score (nSPS) is 17.0. The molecular formula is C34H24Cl2N2Zr. The molecule has 0 amide bonds. The van der Waals surface area contributed by atoms with E-state index < -0.39 is 23.2 Å². The number of rotatable bonds is 4. The van der Waals surface area contributed by atoms with Crippen LogP contribution in [0, 0.1) is 0 Å². The van der Waals surface area contributed by atoms with Crippen LogP contribution in [0.5, 0.6) is 0 Å². The smallest absolute Gasteiger partial charge is 1.00 e. The molecule has 2 nitrogen and oxygen atoms in total. The van der Waals surface area contributed by atoms with E-state index in [0.29, 0.717) is 7.25 Å². The van der Waals surface area contributed by atoms with Crippen LogP contribution >= 0.6 is 0 Å². The molecule has 39 heavy (non-hydrogen) atoms. The summed E-state index contributed by atoms with van der Waals surface area (Å²) in [7, 11) is 0. The molecule has 0 aliphatic heterocycles. The SMILES string of the molecule is C1=C(n2cc3ccccc3c2)[CH]([Zr+2][CH]2C(n3cc4ccccc4c3)=Cc3ccccc32)c2ccccc21.[Cl-].[Cl-]. The Morgan fingerprint density at radius 3 is 1.15 bits per heavy atom. The number of benzene rings is 4. The molecule has 188 valence electrons. The van der Waals surface area contributed by atoms with Gasteiger partial charge in [-0.3, -0.25) is 0 Å². The molecule has 2 aliphatic rings. The van der Waals surface area contributed by atoms with E-state index in [0.717, 1.165) is 0 Å². The number of halogens is 2. The number of fused-ring (bicyclic) bond motifs is 4. The van der Waals surface area contributed by atoms with E-state index >= 15 is 0 Å². The van der Waals surface area contributed by atoms with E-state index in [9.17, 15) is 0 Å². The molecule has 0 spiro atoms. The molecule has 5 heteroatoms. The minimum Gasteiger partial charge on any atom is -1.00 e. The van der Waals surface area contributed by atoms with Gasteiger partial charge in [-0.05, 0) is 0 Å². The average Bonchev–Trinajstić information content (AvgIpc) is 3.71. The Morgan fingerprint density at radius 1 is 0.436 bits per heavy atom. The van der Waals surface area contributed by atoms with Gasteiger partial charge in [0, 0.05) is 0 Å². The third kappa shape index (κ3) is 4.38. The molecule has 2 aromatic heterocycles. The first-order chi connectivity index (χ1) is 18.3. The molecule has 0 saturated carbocycles. The van der Waals surface area contributed by atoms with Crippen LogP contribution < -0.4 is 24.8 Å². The van der Waals surface area contributed by atoms with Gasteiger partial charge in [-0.2, -0.15) is 0 Å². The Kier molecular flexibility index (Phi) is 7.02. The molecule has 2 unspecified atom stereocenters. The zero-order chi connectivity index (χ0) is 24.3. The van der Waals surface area contributed by atoms with Crippen molar-refractivity contribution in [1.82, 2.24) is 9.13 Å². The van der Waals surface area contributed by atoms with Gasteiger partial charge >= 0.3 is 229 Å². The van der Waals surface area contributed by atoms with E-state index in [2.05, 4.69) is 143 Å². The van der Waals surface area contributed by atoms with Crippen molar-refractivity contribution in [3.63, 3.8) is 0 Å². The van der Waals surface area contributed by atoms with Crippen molar-refractivity contribution >= 4 is 45.1 Å². The molecule has 2 aliphatic carbocycles. The Morgan fingerprint density at radius 2 is 0.769 bits per heavy atom. The van der Waals surface area contributed by atoms with Crippen molar-refractivity contribution in [2.24, 2.45) is 0 Å². The summed E-state index contributed by atoms with van der Waals surface area (Å²) in [4.78, 5) is 0. The fourth-order valence-corrected chi connectivity index (χ4v) is 11.0. The Bertz CT molecular complexity index is 1690. The van der Waals surface area contributed by atoms with E-state index in [4.69, 9.17) is 0 Å². The zero-order valence-corrected chi connectivity index (χ0v) is 25.0. The van der Waals surface area contributed by atoms with Gasteiger partial charge in [-0.15, -0.1) is 0 Å². The monoisotopic (exact) mass is 620 g/mol. The summed E-state index contributed by atoms with van der Waals surface area (Å²) in [6.07, 6.45) is 14.1. The summed E-state index contributed by atoms with van der Waals surface area (Å²) >= 11 is -1.07. The van der Waals surface area contributed by atoms with Gasteiger partial charge in [0.05, 0.1) is 0 Å². The molecule has 0 radical (unpaired) electrons. The summed E-state index contributed by atoms with van der Waals surface area (Å²) in [5.41, 5.74) is 8.64. The van der Waals surface area contributed by atoms with Crippen LogP contribution in [0.25, 0.3) is 45.1 Å². The van der Waals surface area contributed by atoms with E-state index in [1.54, 1.807) is 0 Å². The fraction of sp³-hybridized carbons (Fsp3) is 0.0588. The third-order valence-corrected chi connectivity index (χ3v) is 12.5. The number of allylic oxidation sites excluding steroid dienone is 2. The van der Waals surface area contributed by atoms with Crippen LogP contribution in [0.3, 0.4) is 0 Å². The molecule has 0 fully saturated rings. The maximum absolute atomic E-state index is 2.44. The maximum atomic E-state index is 2.44. The van der Waals surface area contributed by atoms with Crippen molar-refractivity contribution in [2.75, 3.05) is 0 Å². The second kappa shape index (κ2) is 10.5. The third-order valence-electron chi connectivity index (χ3n) is 7.85. The number of hydrogen-bond donors (Lipinski definition) is 0. The summed E-state index contributed by atoms with van der Waals surface area (Å²) in [5.74, 6) is 0. The molecule has 0 bridgehead atoms. The molecule has 6 aromatic rings. The zero-order valence-electron chi connectivity index (χ0n) is 21.0. The molecule has 2 atom stereocenters. The Hall–Kier alpha value is -3.10. The van der Waals surface area contributed by atoms with Gasteiger partial charge in [-0.1, -0.05) is 0 Å². The van der Waals surface area contributed by atoms with Crippen LogP contribution in [-0.2, 0) is 23.2 Å². The fourth-order valence-electron chi connectivity index (χ4n) is 6.04. The summed E-state index contributed by atoms with van der Waals surface area (Å²) in [6, 6.07) is 35.5. The Balaban J connectivity index is 0.00000138. The minimum atomic E-state index is -1.07. The van der Waals surface area contributed by atoms with E-state index in [1.165, 1.54) is 55.2 Å². The van der Waals surface area contributed by atoms with Gasteiger partial charge in [0.25, 0.3) is 0 Å². The van der Waals surface area contributed by atoms with Gasteiger partial charge in [0.15, 0.2) is 0 Å². The first kappa shape index (κ1) is 26.1. The summed E-state index contributed by atoms with van der Waals surface area (Å²) in [6.45, 7) is 0. The second-order valence-electron chi connectivity index (χ2n) is 10.0. The van der Waals surface area contributed by atoms with Crippen molar-refractivity contribution in [3.8, 4) is 0 Å². The van der Waals surface area contributed by atoms with Crippen molar-refractivity contribution in [1.29, 1.82) is 0 Å². The molecule has 2 heterocycles. The van der Waals surface area contributed by atoms with Crippen molar-refractivity contribution < 1.29 is 48.0 Å². The average molecular weight is 623 g/mol. The summed E-state index contributed by atoms with van der Waals surface area (Å²) < 4.78 is 5.77. The standard InChI is InChI=1S/2C17H12N.2ClH.Zr/c2*1-2-6-14-10-17(9-13(14)5-1)18-11-15-7-3-4-8-16(15)12-18;;;/h2*1-12H;2*1H;/q;;;;+2/p-2.